The largest absolute Gasteiger partial charge is 0.493 e. The summed E-state index contributed by atoms with van der Waals surface area (Å²) in [5, 5.41) is 11.2. The summed E-state index contributed by atoms with van der Waals surface area (Å²) in [6.07, 6.45) is 0. The van der Waals surface area contributed by atoms with Gasteiger partial charge >= 0.3 is 5.97 Å². The summed E-state index contributed by atoms with van der Waals surface area (Å²) in [6, 6.07) is 7.28. The van der Waals surface area contributed by atoms with E-state index in [2.05, 4.69) is 11.4 Å². The van der Waals surface area contributed by atoms with Gasteiger partial charge in [0.25, 0.3) is 0 Å². The molecule has 0 unspecified atom stereocenters. The monoisotopic (exact) mass is 262 g/mol. The van der Waals surface area contributed by atoms with Gasteiger partial charge < -0.3 is 9.84 Å². The molecular weight excluding hydrogens is 248 g/mol. The van der Waals surface area contributed by atoms with E-state index in [1.165, 1.54) is 5.56 Å². The molecule has 0 saturated heterocycles. The lowest BCUT2D eigenvalue weighted by Crippen LogP contribution is -2.02. The standard InChI is InChI=1S/C14H14O3S/c1-3-17-12-7-10(4-5-11(12)14(15)16)13-6-9(2)8-18-13/h4-8H,3H2,1-2H3,(H,15,16). The van der Waals surface area contributed by atoms with Crippen molar-refractivity contribution in [2.45, 2.75) is 13.8 Å². The van der Waals surface area contributed by atoms with Gasteiger partial charge in [0.05, 0.1) is 6.61 Å². The van der Waals surface area contributed by atoms with Crippen LogP contribution in [-0.4, -0.2) is 17.7 Å². The molecule has 0 aliphatic carbocycles. The number of benzene rings is 1. The lowest BCUT2D eigenvalue weighted by atomic mass is 10.1. The second-order valence-corrected chi connectivity index (χ2v) is 4.85. The van der Waals surface area contributed by atoms with Crippen LogP contribution in [0.5, 0.6) is 5.75 Å². The summed E-state index contributed by atoms with van der Waals surface area (Å²) in [6.45, 7) is 4.33. The molecule has 0 radical (unpaired) electrons. The first-order valence-electron chi connectivity index (χ1n) is 5.67. The van der Waals surface area contributed by atoms with Crippen molar-refractivity contribution in [1.82, 2.24) is 0 Å². The van der Waals surface area contributed by atoms with E-state index >= 15 is 0 Å². The molecule has 1 aromatic carbocycles. The molecule has 0 aliphatic rings. The predicted octanol–water partition coefficient (Wildman–Crippen LogP) is 3.82. The van der Waals surface area contributed by atoms with Crippen LogP contribution in [0.2, 0.25) is 0 Å². The molecule has 1 N–H and O–H groups in total. The second kappa shape index (κ2) is 5.23. The molecule has 2 rings (SSSR count). The van der Waals surface area contributed by atoms with Crippen molar-refractivity contribution in [3.05, 3.63) is 40.8 Å². The topological polar surface area (TPSA) is 46.5 Å². The summed E-state index contributed by atoms with van der Waals surface area (Å²) in [7, 11) is 0. The Bertz CT molecular complexity index is 572. The summed E-state index contributed by atoms with van der Waals surface area (Å²) in [5.74, 6) is -0.541. The Morgan fingerprint density at radius 3 is 2.72 bits per heavy atom. The predicted molar refractivity (Wildman–Crippen MR) is 72.6 cm³/mol. The van der Waals surface area contributed by atoms with E-state index in [1.54, 1.807) is 23.5 Å². The molecule has 0 bridgehead atoms. The Morgan fingerprint density at radius 2 is 2.17 bits per heavy atom. The zero-order chi connectivity index (χ0) is 13.1. The molecule has 0 aliphatic heterocycles. The van der Waals surface area contributed by atoms with Gasteiger partial charge in [-0.3, -0.25) is 0 Å². The van der Waals surface area contributed by atoms with Gasteiger partial charge in [0.15, 0.2) is 0 Å². The van der Waals surface area contributed by atoms with Crippen molar-refractivity contribution in [2.75, 3.05) is 6.61 Å². The van der Waals surface area contributed by atoms with Gasteiger partial charge in [0.2, 0.25) is 0 Å². The number of aryl methyl sites for hydroxylation is 1. The van der Waals surface area contributed by atoms with Crippen LogP contribution in [0, 0.1) is 6.92 Å². The zero-order valence-corrected chi connectivity index (χ0v) is 11.1. The number of carboxylic acid groups (broad SMARTS) is 1. The van der Waals surface area contributed by atoms with E-state index in [4.69, 9.17) is 9.84 Å². The first-order valence-corrected chi connectivity index (χ1v) is 6.55. The van der Waals surface area contributed by atoms with E-state index in [0.717, 1.165) is 10.4 Å². The van der Waals surface area contributed by atoms with Crippen molar-refractivity contribution in [2.24, 2.45) is 0 Å². The number of hydrogen-bond donors (Lipinski definition) is 1. The molecule has 1 heterocycles. The Hall–Kier alpha value is -1.81. The number of ether oxygens (including phenoxy) is 1. The fourth-order valence-corrected chi connectivity index (χ4v) is 2.61. The fraction of sp³-hybridized carbons (Fsp3) is 0.214. The molecule has 94 valence electrons. The Labute approximate surface area is 110 Å². The fourth-order valence-electron chi connectivity index (χ4n) is 1.71. The van der Waals surface area contributed by atoms with Gasteiger partial charge in [-0.25, -0.2) is 4.79 Å². The molecule has 1 aromatic heterocycles. The van der Waals surface area contributed by atoms with E-state index in [-0.39, 0.29) is 5.56 Å². The molecule has 0 fully saturated rings. The molecule has 0 spiro atoms. The van der Waals surface area contributed by atoms with E-state index in [1.807, 2.05) is 19.9 Å². The normalized spacial score (nSPS) is 10.3. The maximum atomic E-state index is 11.1. The highest BCUT2D eigenvalue weighted by atomic mass is 32.1. The highest BCUT2D eigenvalue weighted by Gasteiger charge is 2.13. The van der Waals surface area contributed by atoms with Crippen LogP contribution in [0.15, 0.2) is 29.6 Å². The summed E-state index contributed by atoms with van der Waals surface area (Å²) in [5.41, 5.74) is 2.39. The van der Waals surface area contributed by atoms with Crippen molar-refractivity contribution >= 4 is 17.3 Å². The number of rotatable bonds is 4. The van der Waals surface area contributed by atoms with Gasteiger partial charge in [0, 0.05) is 4.88 Å². The minimum Gasteiger partial charge on any atom is -0.493 e. The summed E-state index contributed by atoms with van der Waals surface area (Å²) in [4.78, 5) is 12.2. The lowest BCUT2D eigenvalue weighted by Gasteiger charge is -2.08. The number of aromatic carboxylic acids is 1. The lowest BCUT2D eigenvalue weighted by molar-refractivity contribution is 0.0692. The first kappa shape index (κ1) is 12.6. The number of carbonyl (C=O) groups is 1. The smallest absolute Gasteiger partial charge is 0.339 e. The third kappa shape index (κ3) is 2.54. The molecule has 3 nitrogen and oxygen atoms in total. The number of hydrogen-bond acceptors (Lipinski definition) is 3. The second-order valence-electron chi connectivity index (χ2n) is 3.94. The molecule has 0 atom stereocenters. The van der Waals surface area contributed by atoms with Gasteiger partial charge in [-0.2, -0.15) is 0 Å². The van der Waals surface area contributed by atoms with Crippen molar-refractivity contribution in [1.29, 1.82) is 0 Å². The van der Waals surface area contributed by atoms with Crippen molar-refractivity contribution in [3.63, 3.8) is 0 Å². The van der Waals surface area contributed by atoms with Gasteiger partial charge in [0.1, 0.15) is 11.3 Å². The van der Waals surface area contributed by atoms with Gasteiger partial charge in [-0.15, -0.1) is 11.3 Å². The Kier molecular flexibility index (Phi) is 3.67. The maximum Gasteiger partial charge on any atom is 0.339 e. The van der Waals surface area contributed by atoms with Gasteiger partial charge in [-0.1, -0.05) is 6.07 Å². The van der Waals surface area contributed by atoms with E-state index in [9.17, 15) is 4.79 Å². The van der Waals surface area contributed by atoms with Crippen molar-refractivity contribution < 1.29 is 14.6 Å². The molecular formula is C14H14O3S. The third-order valence-electron chi connectivity index (χ3n) is 2.53. The van der Waals surface area contributed by atoms with Crippen LogP contribution in [0.1, 0.15) is 22.8 Å². The average Bonchev–Trinajstić information content (AvgIpc) is 2.76. The molecule has 0 amide bonds. The van der Waals surface area contributed by atoms with Crippen LogP contribution in [-0.2, 0) is 0 Å². The van der Waals surface area contributed by atoms with Gasteiger partial charge in [-0.05, 0) is 48.6 Å². The SMILES string of the molecule is CCOc1cc(-c2cc(C)cs2)ccc1C(=O)O. The minimum atomic E-state index is -0.965. The van der Waals surface area contributed by atoms with Crippen LogP contribution >= 0.6 is 11.3 Å². The third-order valence-corrected chi connectivity index (χ3v) is 3.62. The molecule has 18 heavy (non-hydrogen) atoms. The molecule has 2 aromatic rings. The average molecular weight is 262 g/mol. The Balaban J connectivity index is 2.45. The van der Waals surface area contributed by atoms with Crippen LogP contribution in [0.3, 0.4) is 0 Å². The van der Waals surface area contributed by atoms with E-state index < -0.39 is 5.97 Å². The Morgan fingerprint density at radius 1 is 1.39 bits per heavy atom. The van der Waals surface area contributed by atoms with Crippen LogP contribution < -0.4 is 4.74 Å². The highest BCUT2D eigenvalue weighted by molar-refractivity contribution is 7.13. The molecule has 0 saturated carbocycles. The van der Waals surface area contributed by atoms with Crippen molar-refractivity contribution in [3.8, 4) is 16.2 Å². The van der Waals surface area contributed by atoms with E-state index in [0.29, 0.717) is 12.4 Å². The molecule has 4 heteroatoms. The summed E-state index contributed by atoms with van der Waals surface area (Å²) >= 11 is 1.64. The zero-order valence-electron chi connectivity index (χ0n) is 10.3. The first-order chi connectivity index (χ1) is 8.61. The summed E-state index contributed by atoms with van der Waals surface area (Å²) < 4.78 is 5.39. The number of carboxylic acids is 1. The number of thiophene rings is 1. The maximum absolute atomic E-state index is 11.1. The highest BCUT2D eigenvalue weighted by Crippen LogP contribution is 2.31. The minimum absolute atomic E-state index is 0.203. The van der Waals surface area contributed by atoms with Crippen LogP contribution in [0.25, 0.3) is 10.4 Å². The quantitative estimate of drug-likeness (QED) is 0.911. The van der Waals surface area contributed by atoms with Crippen LogP contribution in [0.4, 0.5) is 0 Å².